The normalized spacial score (nSPS) is 21.1. The molecule has 3 heterocycles. The van der Waals surface area contributed by atoms with Gasteiger partial charge in [-0.25, -0.2) is 0 Å². The number of pyridine rings is 1. The number of rotatable bonds is 5. The van der Waals surface area contributed by atoms with Crippen molar-refractivity contribution in [1.29, 1.82) is 0 Å². The van der Waals surface area contributed by atoms with E-state index in [1.54, 1.807) is 7.11 Å². The molecule has 1 N–H and O–H groups in total. The second kappa shape index (κ2) is 9.59. The highest BCUT2D eigenvalue weighted by Gasteiger charge is 2.42. The Kier molecular flexibility index (Phi) is 6.54. The SMILES string of the molecule is COc1ccc(N2C(=S)N[C@H](c3ccccn3)[C@@H]2c2cc(C)n(C3CCCCC3)c2C)cc1Cl. The van der Waals surface area contributed by atoms with Gasteiger partial charge < -0.3 is 19.5 Å². The van der Waals surface area contributed by atoms with Crippen molar-refractivity contribution >= 4 is 34.6 Å². The molecule has 0 bridgehead atoms. The third-order valence-electron chi connectivity index (χ3n) is 7.29. The molecule has 1 saturated heterocycles. The molecule has 1 saturated carbocycles. The lowest BCUT2D eigenvalue weighted by Gasteiger charge is -2.30. The topological polar surface area (TPSA) is 42.3 Å². The smallest absolute Gasteiger partial charge is 0.174 e. The van der Waals surface area contributed by atoms with Gasteiger partial charge in [-0.1, -0.05) is 36.9 Å². The van der Waals surface area contributed by atoms with Gasteiger partial charge >= 0.3 is 0 Å². The van der Waals surface area contributed by atoms with Crippen molar-refractivity contribution in [3.05, 3.63) is 76.3 Å². The molecule has 0 spiro atoms. The molecule has 5 rings (SSSR count). The summed E-state index contributed by atoms with van der Waals surface area (Å²) in [5.74, 6) is 0.650. The van der Waals surface area contributed by atoms with Crippen molar-refractivity contribution in [2.45, 2.75) is 64.1 Å². The first-order valence-corrected chi connectivity index (χ1v) is 12.8. The van der Waals surface area contributed by atoms with Crippen molar-refractivity contribution < 1.29 is 4.74 Å². The monoisotopic (exact) mass is 494 g/mol. The minimum atomic E-state index is -0.0742. The standard InChI is InChI=1S/C27H31ClN4OS/c1-17-15-21(18(2)31(17)19-9-5-4-6-10-19)26-25(23-11-7-8-14-29-23)30-27(34)32(26)20-12-13-24(33-3)22(28)16-20/h7-8,11-16,19,25-26H,4-6,9-10H2,1-3H3,(H,30,34)/t25-,26+/m1/s1. The molecule has 2 aromatic heterocycles. The fraction of sp³-hybridized carbons (Fsp3) is 0.407. The first-order chi connectivity index (χ1) is 16.5. The van der Waals surface area contributed by atoms with Gasteiger partial charge in [0.15, 0.2) is 5.11 Å². The maximum absolute atomic E-state index is 6.53. The summed E-state index contributed by atoms with van der Waals surface area (Å²) in [6.45, 7) is 4.49. The van der Waals surface area contributed by atoms with Crippen LogP contribution in [0.1, 0.15) is 72.9 Å². The van der Waals surface area contributed by atoms with Gasteiger partial charge in [0, 0.05) is 29.3 Å². The fourth-order valence-electron chi connectivity index (χ4n) is 5.76. The third-order valence-corrected chi connectivity index (χ3v) is 7.90. The number of aromatic nitrogens is 2. The Morgan fingerprint density at radius 1 is 1.09 bits per heavy atom. The molecule has 1 aliphatic carbocycles. The molecular weight excluding hydrogens is 464 g/mol. The molecule has 0 unspecified atom stereocenters. The summed E-state index contributed by atoms with van der Waals surface area (Å²) in [7, 11) is 1.63. The van der Waals surface area contributed by atoms with Gasteiger partial charge in [-0.15, -0.1) is 0 Å². The van der Waals surface area contributed by atoms with Crippen LogP contribution in [0, 0.1) is 13.8 Å². The van der Waals surface area contributed by atoms with Crippen molar-refractivity contribution in [1.82, 2.24) is 14.9 Å². The molecular formula is C27H31ClN4OS. The lowest BCUT2D eigenvalue weighted by molar-refractivity contribution is 0.345. The summed E-state index contributed by atoms with van der Waals surface area (Å²) < 4.78 is 7.94. The first-order valence-electron chi connectivity index (χ1n) is 12.0. The molecule has 178 valence electrons. The predicted molar refractivity (Wildman–Crippen MR) is 142 cm³/mol. The summed E-state index contributed by atoms with van der Waals surface area (Å²) in [5.41, 5.74) is 5.81. The van der Waals surface area contributed by atoms with Crippen LogP contribution in [0.4, 0.5) is 5.69 Å². The summed E-state index contributed by atoms with van der Waals surface area (Å²) in [4.78, 5) is 6.88. The molecule has 7 heteroatoms. The zero-order valence-corrected chi connectivity index (χ0v) is 21.5. The van der Waals surface area contributed by atoms with Crippen LogP contribution < -0.4 is 15.0 Å². The predicted octanol–water partition coefficient (Wildman–Crippen LogP) is 6.84. The van der Waals surface area contributed by atoms with Crippen molar-refractivity contribution in [3.63, 3.8) is 0 Å². The van der Waals surface area contributed by atoms with E-state index in [1.807, 2.05) is 36.5 Å². The largest absolute Gasteiger partial charge is 0.495 e. The second-order valence-electron chi connectivity index (χ2n) is 9.30. The number of anilines is 1. The maximum Gasteiger partial charge on any atom is 0.174 e. The number of ether oxygens (including phenoxy) is 1. The number of aryl methyl sites for hydroxylation is 1. The summed E-state index contributed by atoms with van der Waals surface area (Å²) in [5, 5.41) is 4.80. The second-order valence-corrected chi connectivity index (χ2v) is 10.1. The fourth-order valence-corrected chi connectivity index (χ4v) is 6.36. The van der Waals surface area contributed by atoms with Crippen LogP contribution in [0.3, 0.4) is 0 Å². The average Bonchev–Trinajstić information content (AvgIpc) is 3.35. The number of nitrogens with zero attached hydrogens (tertiary/aromatic N) is 3. The van der Waals surface area contributed by atoms with E-state index in [9.17, 15) is 0 Å². The van der Waals surface area contributed by atoms with Gasteiger partial charge in [0.2, 0.25) is 0 Å². The minimum absolute atomic E-state index is 0.0459. The summed E-state index contributed by atoms with van der Waals surface area (Å²) >= 11 is 12.4. The quantitative estimate of drug-likeness (QED) is 0.393. The number of thiocarbonyl (C=S) groups is 1. The molecule has 34 heavy (non-hydrogen) atoms. The Labute approximate surface area is 212 Å². The van der Waals surface area contributed by atoms with E-state index in [0.29, 0.717) is 21.9 Å². The van der Waals surface area contributed by atoms with E-state index < -0.39 is 0 Å². The Bertz CT molecular complexity index is 1190. The lowest BCUT2D eigenvalue weighted by Crippen LogP contribution is -2.29. The molecule has 1 aromatic carbocycles. The Hall–Kier alpha value is -2.57. The number of nitrogens with one attached hydrogen (secondary N) is 1. The summed E-state index contributed by atoms with van der Waals surface area (Å²) in [6.07, 6.45) is 8.29. The number of benzene rings is 1. The first kappa shape index (κ1) is 23.2. The molecule has 3 aromatic rings. The Morgan fingerprint density at radius 2 is 1.88 bits per heavy atom. The van der Waals surface area contributed by atoms with Crippen LogP contribution in [-0.2, 0) is 0 Å². The summed E-state index contributed by atoms with van der Waals surface area (Å²) in [6, 6.07) is 14.7. The molecule has 0 amide bonds. The van der Waals surface area contributed by atoms with Crippen LogP contribution >= 0.6 is 23.8 Å². The number of halogens is 1. The van der Waals surface area contributed by atoms with Gasteiger partial charge in [0.25, 0.3) is 0 Å². The zero-order chi connectivity index (χ0) is 23.8. The average molecular weight is 495 g/mol. The van der Waals surface area contributed by atoms with Crippen molar-refractivity contribution in [2.75, 3.05) is 12.0 Å². The molecule has 2 atom stereocenters. The van der Waals surface area contributed by atoms with Gasteiger partial charge in [0.1, 0.15) is 5.75 Å². The molecule has 0 radical (unpaired) electrons. The highest BCUT2D eigenvalue weighted by molar-refractivity contribution is 7.80. The van der Waals surface area contributed by atoms with Crippen molar-refractivity contribution in [3.8, 4) is 5.75 Å². The molecule has 1 aliphatic heterocycles. The number of hydrogen-bond acceptors (Lipinski definition) is 3. The van der Waals surface area contributed by atoms with E-state index in [4.69, 9.17) is 33.5 Å². The minimum Gasteiger partial charge on any atom is -0.495 e. The zero-order valence-electron chi connectivity index (χ0n) is 19.9. The van der Waals surface area contributed by atoms with E-state index in [2.05, 4.69) is 40.8 Å². The molecule has 2 fully saturated rings. The van der Waals surface area contributed by atoms with E-state index in [0.717, 1.165) is 11.4 Å². The highest BCUT2D eigenvalue weighted by Crippen LogP contribution is 2.45. The van der Waals surface area contributed by atoms with Gasteiger partial charge in [-0.05, 0) is 80.9 Å². The molecule has 2 aliphatic rings. The van der Waals surface area contributed by atoms with Gasteiger partial charge in [0.05, 0.1) is 29.9 Å². The van der Waals surface area contributed by atoms with Crippen LogP contribution in [-0.4, -0.2) is 21.8 Å². The van der Waals surface area contributed by atoms with E-state index in [1.165, 1.54) is 49.1 Å². The highest BCUT2D eigenvalue weighted by atomic mass is 35.5. The van der Waals surface area contributed by atoms with Crippen LogP contribution in [0.25, 0.3) is 0 Å². The van der Waals surface area contributed by atoms with E-state index >= 15 is 0 Å². The third kappa shape index (κ3) is 4.07. The van der Waals surface area contributed by atoms with Crippen LogP contribution in [0.5, 0.6) is 5.75 Å². The lowest BCUT2D eigenvalue weighted by atomic mass is 9.94. The van der Waals surface area contributed by atoms with Gasteiger partial charge in [-0.3, -0.25) is 4.98 Å². The molecule has 5 nitrogen and oxygen atoms in total. The number of methoxy groups -OCH3 is 1. The van der Waals surface area contributed by atoms with Gasteiger partial charge in [-0.2, -0.15) is 0 Å². The van der Waals surface area contributed by atoms with Crippen molar-refractivity contribution in [2.24, 2.45) is 0 Å². The Balaban J connectivity index is 1.63. The Morgan fingerprint density at radius 3 is 2.56 bits per heavy atom. The van der Waals surface area contributed by atoms with Crippen LogP contribution in [0.2, 0.25) is 5.02 Å². The number of hydrogen-bond donors (Lipinski definition) is 1. The van der Waals surface area contributed by atoms with E-state index in [-0.39, 0.29) is 12.1 Å². The van der Waals surface area contributed by atoms with Crippen LogP contribution in [0.15, 0.2) is 48.7 Å². The maximum atomic E-state index is 6.53.